The number of esters is 1. The number of rotatable bonds is 14. The summed E-state index contributed by atoms with van der Waals surface area (Å²) in [6.45, 7) is 9.06. The molecule has 3 rings (SSSR count). The number of carbonyl (C=O) groups is 5. The smallest absolute Gasteiger partial charge is 0.344 e. The number of hydrogen-bond donors (Lipinski definition) is 3. The number of carbonyl (C=O) groups excluding carboxylic acids is 4. The summed E-state index contributed by atoms with van der Waals surface area (Å²) in [5.41, 5.74) is 6.88. The Labute approximate surface area is 276 Å². The monoisotopic (exact) mass is 652 g/mol. The van der Waals surface area contributed by atoms with Crippen LogP contribution in [0.3, 0.4) is 0 Å². The Hall–Kier alpha value is -4.45. The Morgan fingerprint density at radius 3 is 2.26 bits per heavy atom. The number of likely N-dealkylation sites (tertiary alicyclic amines) is 1. The fourth-order valence-electron chi connectivity index (χ4n) is 5.49. The summed E-state index contributed by atoms with van der Waals surface area (Å²) in [5.74, 6) is -2.65. The molecule has 3 amide bonds. The van der Waals surface area contributed by atoms with Gasteiger partial charge in [0, 0.05) is 20.0 Å². The molecule has 2 aromatic carbocycles. The zero-order valence-corrected chi connectivity index (χ0v) is 28.1. The Balaban J connectivity index is 1.81. The largest absolute Gasteiger partial charge is 0.482 e. The number of likely N-dealkylation sites (N-methyl/N-ethyl adjacent to an activating group) is 1. The van der Waals surface area contributed by atoms with Gasteiger partial charge in [-0.15, -0.1) is 0 Å². The molecule has 2 aromatic rings. The lowest BCUT2D eigenvalue weighted by Crippen LogP contribution is -2.56. The number of carboxylic acids is 1. The van der Waals surface area contributed by atoms with Crippen molar-refractivity contribution < 1.29 is 38.6 Å². The van der Waals surface area contributed by atoms with Crippen molar-refractivity contribution >= 4 is 29.7 Å². The van der Waals surface area contributed by atoms with Crippen molar-refractivity contribution in [2.24, 2.45) is 11.7 Å². The van der Waals surface area contributed by atoms with Crippen LogP contribution in [-0.2, 0) is 35.1 Å². The maximum absolute atomic E-state index is 14.1. The SMILES string of the molecule is CC(C)C[C@@H](C(=O)O)N(C)C(=O)[C@H]1CCCN1C(=O)[C@H](Cc1ccc(OCC(=O)OC(C)(C)C)cc1)NC(=O)[C@@H](N)c1ccccc1. The van der Waals surface area contributed by atoms with Gasteiger partial charge in [-0.3, -0.25) is 14.4 Å². The van der Waals surface area contributed by atoms with E-state index < -0.39 is 59.4 Å². The molecule has 0 saturated carbocycles. The fourth-order valence-corrected chi connectivity index (χ4v) is 5.49. The Morgan fingerprint density at radius 1 is 1.04 bits per heavy atom. The van der Waals surface area contributed by atoms with Gasteiger partial charge in [-0.25, -0.2) is 9.59 Å². The van der Waals surface area contributed by atoms with E-state index in [0.29, 0.717) is 29.7 Å². The molecule has 0 radical (unpaired) electrons. The van der Waals surface area contributed by atoms with E-state index in [4.69, 9.17) is 15.2 Å². The van der Waals surface area contributed by atoms with Crippen LogP contribution in [-0.4, -0.2) is 88.5 Å². The number of aliphatic carboxylic acids is 1. The number of ether oxygens (including phenoxy) is 2. The zero-order chi connectivity index (χ0) is 34.9. The second-order valence-corrected chi connectivity index (χ2v) is 13.3. The molecule has 0 spiro atoms. The number of benzene rings is 2. The third-order valence-electron chi connectivity index (χ3n) is 7.81. The van der Waals surface area contributed by atoms with E-state index in [-0.39, 0.29) is 31.9 Å². The highest BCUT2D eigenvalue weighted by Gasteiger charge is 2.41. The Bertz CT molecular complexity index is 1390. The van der Waals surface area contributed by atoms with E-state index in [1.54, 1.807) is 75.4 Å². The van der Waals surface area contributed by atoms with E-state index in [0.717, 1.165) is 0 Å². The summed E-state index contributed by atoms with van der Waals surface area (Å²) >= 11 is 0. The minimum Gasteiger partial charge on any atom is -0.482 e. The van der Waals surface area contributed by atoms with Crippen molar-refractivity contribution in [1.82, 2.24) is 15.1 Å². The van der Waals surface area contributed by atoms with E-state index in [2.05, 4.69) is 5.32 Å². The van der Waals surface area contributed by atoms with Crippen molar-refractivity contribution in [2.75, 3.05) is 20.2 Å². The quantitative estimate of drug-likeness (QED) is 0.260. The van der Waals surface area contributed by atoms with Gasteiger partial charge in [0.1, 0.15) is 35.5 Å². The number of amides is 3. The summed E-state index contributed by atoms with van der Waals surface area (Å²) in [5, 5.41) is 12.6. The molecule has 1 heterocycles. The molecule has 1 saturated heterocycles. The van der Waals surface area contributed by atoms with Crippen molar-refractivity contribution in [1.29, 1.82) is 0 Å². The molecule has 47 heavy (non-hydrogen) atoms. The summed E-state index contributed by atoms with van der Waals surface area (Å²) in [6.07, 6.45) is 1.27. The van der Waals surface area contributed by atoms with Crippen LogP contribution in [0.15, 0.2) is 54.6 Å². The van der Waals surface area contributed by atoms with E-state index in [1.165, 1.54) is 16.8 Å². The molecule has 1 aliphatic rings. The molecule has 256 valence electrons. The van der Waals surface area contributed by atoms with Crippen molar-refractivity contribution in [3.63, 3.8) is 0 Å². The average molecular weight is 653 g/mol. The van der Waals surface area contributed by atoms with Gasteiger partial charge in [0.2, 0.25) is 17.7 Å². The molecule has 12 heteroatoms. The number of carboxylic acid groups (broad SMARTS) is 1. The summed E-state index contributed by atoms with van der Waals surface area (Å²) in [6, 6.07) is 11.5. The zero-order valence-electron chi connectivity index (χ0n) is 28.1. The van der Waals surface area contributed by atoms with E-state index >= 15 is 0 Å². The van der Waals surface area contributed by atoms with Crippen LogP contribution in [0.2, 0.25) is 0 Å². The first-order valence-corrected chi connectivity index (χ1v) is 15.9. The molecule has 4 N–H and O–H groups in total. The lowest BCUT2D eigenvalue weighted by atomic mass is 10.0. The van der Waals surface area contributed by atoms with Crippen LogP contribution < -0.4 is 15.8 Å². The first-order chi connectivity index (χ1) is 22.1. The maximum atomic E-state index is 14.1. The van der Waals surface area contributed by atoms with E-state index in [9.17, 15) is 29.1 Å². The predicted octanol–water partition coefficient (Wildman–Crippen LogP) is 3.08. The number of nitrogens with two attached hydrogens (primary N) is 1. The lowest BCUT2D eigenvalue weighted by Gasteiger charge is -2.33. The van der Waals surface area contributed by atoms with Gasteiger partial charge >= 0.3 is 11.9 Å². The number of nitrogens with zero attached hydrogens (tertiary/aromatic N) is 2. The third kappa shape index (κ3) is 10.8. The van der Waals surface area contributed by atoms with Gasteiger partial charge in [0.25, 0.3) is 0 Å². The van der Waals surface area contributed by atoms with E-state index in [1.807, 2.05) is 13.8 Å². The summed E-state index contributed by atoms with van der Waals surface area (Å²) < 4.78 is 10.8. The van der Waals surface area contributed by atoms with Crippen LogP contribution >= 0.6 is 0 Å². The van der Waals surface area contributed by atoms with Gasteiger partial charge in [-0.2, -0.15) is 0 Å². The van der Waals surface area contributed by atoms with Gasteiger partial charge in [-0.05, 0) is 69.2 Å². The van der Waals surface area contributed by atoms with Crippen LogP contribution in [0, 0.1) is 5.92 Å². The van der Waals surface area contributed by atoms with Gasteiger partial charge in [-0.1, -0.05) is 56.3 Å². The molecule has 1 aliphatic heterocycles. The molecule has 1 fully saturated rings. The molecule has 0 aliphatic carbocycles. The molecule has 0 aromatic heterocycles. The molecular weight excluding hydrogens is 604 g/mol. The van der Waals surface area contributed by atoms with Crippen LogP contribution in [0.5, 0.6) is 5.75 Å². The highest BCUT2D eigenvalue weighted by atomic mass is 16.6. The van der Waals surface area contributed by atoms with Crippen LogP contribution in [0.1, 0.15) is 71.0 Å². The lowest BCUT2D eigenvalue weighted by molar-refractivity contribution is -0.157. The van der Waals surface area contributed by atoms with Gasteiger partial charge in [0.05, 0.1) is 0 Å². The molecular formula is C35H48N4O8. The first kappa shape index (κ1) is 37.0. The van der Waals surface area contributed by atoms with Crippen LogP contribution in [0.4, 0.5) is 0 Å². The first-order valence-electron chi connectivity index (χ1n) is 15.9. The second-order valence-electron chi connectivity index (χ2n) is 13.3. The minimum absolute atomic E-state index is 0.0372. The highest BCUT2D eigenvalue weighted by molar-refractivity contribution is 5.94. The molecule has 4 atom stereocenters. The summed E-state index contributed by atoms with van der Waals surface area (Å²) in [4.78, 5) is 67.8. The van der Waals surface area contributed by atoms with Gasteiger partial charge in [0.15, 0.2) is 6.61 Å². The molecule has 12 nitrogen and oxygen atoms in total. The second kappa shape index (κ2) is 16.4. The Morgan fingerprint density at radius 2 is 1.68 bits per heavy atom. The van der Waals surface area contributed by atoms with Crippen molar-refractivity contribution in [3.05, 3.63) is 65.7 Å². The molecule has 0 bridgehead atoms. The maximum Gasteiger partial charge on any atom is 0.344 e. The minimum atomic E-state index is -1.11. The average Bonchev–Trinajstić information content (AvgIpc) is 3.51. The third-order valence-corrected chi connectivity index (χ3v) is 7.81. The molecule has 0 unspecified atom stereocenters. The normalized spacial score (nSPS) is 16.6. The number of nitrogens with one attached hydrogen (secondary N) is 1. The predicted molar refractivity (Wildman–Crippen MR) is 175 cm³/mol. The van der Waals surface area contributed by atoms with Crippen molar-refractivity contribution in [2.45, 2.75) is 90.1 Å². The van der Waals surface area contributed by atoms with Crippen LogP contribution in [0.25, 0.3) is 0 Å². The van der Waals surface area contributed by atoms with Crippen molar-refractivity contribution in [3.8, 4) is 5.75 Å². The topological polar surface area (TPSA) is 169 Å². The fraction of sp³-hybridized carbons (Fsp3) is 0.514. The highest BCUT2D eigenvalue weighted by Crippen LogP contribution is 2.24. The summed E-state index contributed by atoms with van der Waals surface area (Å²) in [7, 11) is 1.45. The van der Waals surface area contributed by atoms with Gasteiger partial charge < -0.3 is 35.4 Å². The standard InChI is InChI=1S/C35H48N4O8/c1-22(2)19-28(34(44)45)38(6)33(43)27-13-10-18-39(27)32(42)26(37-31(41)30(36)24-11-8-7-9-12-24)20-23-14-16-25(17-15-23)46-21-29(40)47-35(3,4)5/h7-9,11-12,14-17,22,26-28,30H,10,13,18-21,36H2,1-6H3,(H,37,41)(H,44,45)/t26-,27+,28-,30-/m0/s1. The Kier molecular flexibility index (Phi) is 12.9. The number of hydrogen-bond acceptors (Lipinski definition) is 8.